The molecule has 0 bridgehead atoms. The van der Waals surface area contributed by atoms with Crippen molar-refractivity contribution in [3.63, 3.8) is 0 Å². The second-order valence-corrected chi connectivity index (χ2v) is 10.5. The summed E-state index contributed by atoms with van der Waals surface area (Å²) in [7, 11) is 5.18. The molecule has 0 unspecified atom stereocenters. The molecule has 3 atom stereocenters. The number of piperidine rings is 1. The largest absolute Gasteiger partial charge is 0.494 e. The van der Waals surface area contributed by atoms with Gasteiger partial charge in [-0.15, -0.1) is 0 Å². The predicted molar refractivity (Wildman–Crippen MR) is 159 cm³/mol. The highest BCUT2D eigenvalue weighted by Gasteiger charge is 2.36. The Balaban J connectivity index is 1.44. The lowest BCUT2D eigenvalue weighted by atomic mass is 9.85. The standard InChI is InChI=1S/C32H48N2O7/c1-35-15-4-13-34-14-20-40-29-12-7-25(21-28(29)34)24-41-31-23-33-22-30(39-19-6-17-37-3)32(31)26-8-10-27(11-9-26)38-18-5-16-36-2/h7-12,21,30-33H,4-6,13-20,22-24H2,1-3H3/t30-,31+,32+/m1/s1. The molecule has 4 rings (SSSR count). The van der Waals surface area contributed by atoms with E-state index in [1.807, 2.05) is 12.1 Å². The fourth-order valence-electron chi connectivity index (χ4n) is 5.48. The van der Waals surface area contributed by atoms with Gasteiger partial charge in [0.1, 0.15) is 18.1 Å². The summed E-state index contributed by atoms with van der Waals surface area (Å²) in [5.41, 5.74) is 3.46. The minimum Gasteiger partial charge on any atom is -0.494 e. The van der Waals surface area contributed by atoms with Crippen molar-refractivity contribution in [3.8, 4) is 11.5 Å². The molecule has 2 aromatic rings. The van der Waals surface area contributed by atoms with E-state index in [1.54, 1.807) is 21.3 Å². The molecule has 228 valence electrons. The maximum atomic E-state index is 6.65. The van der Waals surface area contributed by atoms with Gasteiger partial charge in [-0.25, -0.2) is 0 Å². The van der Waals surface area contributed by atoms with Gasteiger partial charge in [-0.2, -0.15) is 0 Å². The second-order valence-electron chi connectivity index (χ2n) is 10.5. The van der Waals surface area contributed by atoms with Crippen LogP contribution in [0.15, 0.2) is 42.5 Å². The second kappa shape index (κ2) is 17.5. The molecular weight excluding hydrogens is 524 g/mol. The van der Waals surface area contributed by atoms with E-state index in [4.69, 9.17) is 33.2 Å². The third-order valence-corrected chi connectivity index (χ3v) is 7.57. The Bertz CT molecular complexity index is 1010. The van der Waals surface area contributed by atoms with Crippen molar-refractivity contribution in [1.29, 1.82) is 0 Å². The number of nitrogens with one attached hydrogen (secondary N) is 1. The number of hydrogen-bond donors (Lipinski definition) is 1. The lowest BCUT2D eigenvalue weighted by molar-refractivity contribution is -0.0622. The number of rotatable bonds is 18. The maximum absolute atomic E-state index is 6.65. The van der Waals surface area contributed by atoms with Gasteiger partial charge in [0, 0.05) is 79.7 Å². The van der Waals surface area contributed by atoms with E-state index in [1.165, 1.54) is 5.56 Å². The van der Waals surface area contributed by atoms with Crippen LogP contribution in [-0.4, -0.2) is 99.4 Å². The predicted octanol–water partition coefficient (Wildman–Crippen LogP) is 4.03. The van der Waals surface area contributed by atoms with Gasteiger partial charge in [0.2, 0.25) is 0 Å². The Morgan fingerprint density at radius 3 is 2.27 bits per heavy atom. The van der Waals surface area contributed by atoms with Crippen LogP contribution in [-0.2, 0) is 30.3 Å². The van der Waals surface area contributed by atoms with E-state index in [2.05, 4.69) is 40.5 Å². The first-order valence-corrected chi connectivity index (χ1v) is 14.9. The van der Waals surface area contributed by atoms with Crippen molar-refractivity contribution >= 4 is 5.69 Å². The zero-order valence-electron chi connectivity index (χ0n) is 25.0. The zero-order valence-corrected chi connectivity index (χ0v) is 25.0. The molecule has 0 amide bonds. The van der Waals surface area contributed by atoms with Crippen LogP contribution in [0.2, 0.25) is 0 Å². The van der Waals surface area contributed by atoms with E-state index < -0.39 is 0 Å². The Morgan fingerprint density at radius 2 is 1.51 bits per heavy atom. The van der Waals surface area contributed by atoms with Crippen molar-refractivity contribution in [2.45, 2.75) is 44.0 Å². The van der Waals surface area contributed by atoms with Crippen LogP contribution in [0.4, 0.5) is 5.69 Å². The smallest absolute Gasteiger partial charge is 0.142 e. The topological polar surface area (TPSA) is 79.9 Å². The number of methoxy groups -OCH3 is 3. The van der Waals surface area contributed by atoms with Crippen LogP contribution in [0, 0.1) is 0 Å². The Hall–Kier alpha value is -2.40. The molecule has 0 aromatic heterocycles. The third-order valence-electron chi connectivity index (χ3n) is 7.57. The summed E-state index contributed by atoms with van der Waals surface area (Å²) in [5.74, 6) is 1.89. The first kappa shape index (κ1) is 31.5. The molecule has 0 saturated carbocycles. The molecule has 0 radical (unpaired) electrons. The summed E-state index contributed by atoms with van der Waals surface area (Å²) < 4.78 is 40.5. The minimum atomic E-state index is -0.0465. The van der Waals surface area contributed by atoms with Crippen molar-refractivity contribution in [2.75, 3.05) is 92.0 Å². The number of nitrogens with zero attached hydrogens (tertiary/aromatic N) is 1. The fraction of sp³-hybridized carbons (Fsp3) is 0.625. The van der Waals surface area contributed by atoms with Crippen LogP contribution >= 0.6 is 0 Å². The lowest BCUT2D eigenvalue weighted by Gasteiger charge is -2.39. The number of hydrogen-bond acceptors (Lipinski definition) is 9. The quantitative estimate of drug-likeness (QED) is 0.266. The minimum absolute atomic E-state index is 0.00714. The van der Waals surface area contributed by atoms with Gasteiger partial charge in [-0.05, 0) is 48.2 Å². The fourth-order valence-corrected chi connectivity index (χ4v) is 5.48. The Morgan fingerprint density at radius 1 is 0.805 bits per heavy atom. The average molecular weight is 573 g/mol. The summed E-state index contributed by atoms with van der Waals surface area (Å²) in [4.78, 5) is 2.38. The van der Waals surface area contributed by atoms with Gasteiger partial charge < -0.3 is 43.4 Å². The van der Waals surface area contributed by atoms with Gasteiger partial charge in [0.25, 0.3) is 0 Å². The van der Waals surface area contributed by atoms with E-state index in [9.17, 15) is 0 Å². The van der Waals surface area contributed by atoms with E-state index in [0.717, 1.165) is 74.8 Å². The highest BCUT2D eigenvalue weighted by Crippen LogP contribution is 2.35. The summed E-state index contributed by atoms with van der Waals surface area (Å²) in [6, 6.07) is 14.8. The summed E-state index contributed by atoms with van der Waals surface area (Å²) in [6.07, 6.45) is 2.65. The molecule has 2 aliphatic heterocycles. The molecule has 1 fully saturated rings. The number of fused-ring (bicyclic) bond motifs is 1. The van der Waals surface area contributed by atoms with E-state index >= 15 is 0 Å². The highest BCUT2D eigenvalue weighted by molar-refractivity contribution is 5.61. The average Bonchev–Trinajstić information content (AvgIpc) is 3.01. The number of anilines is 1. The van der Waals surface area contributed by atoms with E-state index in [0.29, 0.717) is 39.6 Å². The van der Waals surface area contributed by atoms with Gasteiger partial charge in [-0.3, -0.25) is 0 Å². The maximum Gasteiger partial charge on any atom is 0.142 e. The van der Waals surface area contributed by atoms with Crippen molar-refractivity contribution < 1.29 is 33.2 Å². The summed E-state index contributed by atoms with van der Waals surface area (Å²) >= 11 is 0. The first-order valence-electron chi connectivity index (χ1n) is 14.9. The normalized spacial score (nSPS) is 20.5. The van der Waals surface area contributed by atoms with Crippen LogP contribution in [0.1, 0.15) is 36.3 Å². The summed E-state index contributed by atoms with van der Waals surface area (Å²) in [6.45, 7) is 7.98. The van der Waals surface area contributed by atoms with Crippen LogP contribution in [0.5, 0.6) is 11.5 Å². The molecule has 0 spiro atoms. The van der Waals surface area contributed by atoms with Gasteiger partial charge in [0.05, 0.1) is 37.7 Å². The summed E-state index contributed by atoms with van der Waals surface area (Å²) in [5, 5.41) is 3.54. The van der Waals surface area contributed by atoms with E-state index in [-0.39, 0.29) is 18.1 Å². The molecule has 41 heavy (non-hydrogen) atoms. The van der Waals surface area contributed by atoms with Crippen LogP contribution in [0.3, 0.4) is 0 Å². The zero-order chi connectivity index (χ0) is 28.7. The van der Waals surface area contributed by atoms with Crippen LogP contribution in [0.25, 0.3) is 0 Å². The lowest BCUT2D eigenvalue weighted by Crippen LogP contribution is -2.50. The Kier molecular flexibility index (Phi) is 13.5. The monoisotopic (exact) mass is 572 g/mol. The highest BCUT2D eigenvalue weighted by atomic mass is 16.5. The molecule has 1 saturated heterocycles. The molecule has 2 heterocycles. The SMILES string of the molecule is COCCCOc1ccc([C@@H]2[C@@H](OCc3ccc4c(c3)N(CCCOC)CCO4)CNC[C@H]2OCCCOC)cc1. The van der Waals surface area contributed by atoms with Crippen molar-refractivity contribution in [3.05, 3.63) is 53.6 Å². The van der Waals surface area contributed by atoms with Gasteiger partial charge in [0.15, 0.2) is 0 Å². The first-order chi connectivity index (χ1) is 20.2. The van der Waals surface area contributed by atoms with Crippen molar-refractivity contribution in [2.24, 2.45) is 0 Å². The molecule has 2 aromatic carbocycles. The van der Waals surface area contributed by atoms with Crippen LogP contribution < -0.4 is 19.7 Å². The van der Waals surface area contributed by atoms with Gasteiger partial charge in [-0.1, -0.05) is 18.2 Å². The molecule has 1 N–H and O–H groups in total. The molecule has 9 heteroatoms. The third kappa shape index (κ3) is 9.56. The molecule has 0 aliphatic carbocycles. The Labute approximate surface area is 245 Å². The van der Waals surface area contributed by atoms with Gasteiger partial charge >= 0.3 is 0 Å². The molecular formula is C32H48N2O7. The molecule has 2 aliphatic rings. The number of ether oxygens (including phenoxy) is 7. The molecule has 9 nitrogen and oxygen atoms in total. The number of benzene rings is 2. The van der Waals surface area contributed by atoms with Crippen molar-refractivity contribution in [1.82, 2.24) is 5.32 Å².